The van der Waals surface area contributed by atoms with Crippen LogP contribution >= 0.6 is 0 Å². The average Bonchev–Trinajstić information content (AvgIpc) is 2.80. The van der Waals surface area contributed by atoms with Crippen molar-refractivity contribution in [1.82, 2.24) is 10.3 Å². The van der Waals surface area contributed by atoms with Gasteiger partial charge in [0.2, 0.25) is 5.91 Å². The highest BCUT2D eigenvalue weighted by atomic mass is 16.6. The Balaban J connectivity index is 2.09. The molecule has 9 heteroatoms. The first-order valence-electron chi connectivity index (χ1n) is 11.9. The van der Waals surface area contributed by atoms with E-state index in [2.05, 4.69) is 20.4 Å². The average molecular weight is 495 g/mol. The number of carbonyl (C=O) groups excluding carboxylic acids is 3. The number of rotatable bonds is 3. The van der Waals surface area contributed by atoms with E-state index in [9.17, 15) is 14.4 Å². The van der Waals surface area contributed by atoms with Crippen LogP contribution in [0, 0.1) is 5.92 Å². The highest BCUT2D eigenvalue weighted by Gasteiger charge is 2.24. The first kappa shape index (κ1) is 26.7. The molecule has 192 valence electrons. The van der Waals surface area contributed by atoms with E-state index < -0.39 is 23.7 Å². The fourth-order valence-electron chi connectivity index (χ4n) is 3.91. The van der Waals surface area contributed by atoms with Gasteiger partial charge in [0.1, 0.15) is 5.60 Å². The van der Waals surface area contributed by atoms with E-state index in [1.165, 1.54) is 13.2 Å². The van der Waals surface area contributed by atoms with Crippen molar-refractivity contribution >= 4 is 35.4 Å². The molecule has 0 aliphatic carbocycles. The number of nitrogens with one attached hydrogen (secondary N) is 2. The number of fused-ring (bicyclic) bond motifs is 4. The Hall–Kier alpha value is -3.88. The smallest absolute Gasteiger partial charge is 0.408 e. The van der Waals surface area contributed by atoms with Gasteiger partial charge >= 0.3 is 12.1 Å². The minimum atomic E-state index is -0.635. The molecule has 1 aliphatic heterocycles. The molecule has 2 bridgehead atoms. The van der Waals surface area contributed by atoms with Gasteiger partial charge in [-0.2, -0.15) is 0 Å². The Morgan fingerprint density at radius 3 is 2.67 bits per heavy atom. The second kappa shape index (κ2) is 11.2. The van der Waals surface area contributed by atoms with Gasteiger partial charge in [-0.25, -0.2) is 9.59 Å². The number of hydrogen-bond donors (Lipinski definition) is 3. The lowest BCUT2D eigenvalue weighted by Gasteiger charge is -2.25. The standard InChI is InChI=1S/C27H34N4O5/c1-16-7-6-8-21(31-26(34)36-27(2,3)4)23-14-17(11-12-29-23)19-13-18(9-10-24(32)35-5)20(28)15-22(19)30-25(16)33/h9-16,21H,6-8,28H2,1-5H3,(H,30,33)(H,31,34)/b10-9+/t16-,21+/m1/s1. The summed E-state index contributed by atoms with van der Waals surface area (Å²) >= 11 is 0. The molecule has 0 saturated carbocycles. The third-order valence-corrected chi connectivity index (χ3v) is 5.80. The number of nitrogens with two attached hydrogens (primary N) is 1. The van der Waals surface area contributed by atoms with Gasteiger partial charge in [0.25, 0.3) is 0 Å². The quantitative estimate of drug-likeness (QED) is 0.316. The molecule has 0 saturated heterocycles. The number of alkyl carbamates (subject to hydrolysis) is 1. The van der Waals surface area contributed by atoms with Gasteiger partial charge in [-0.1, -0.05) is 13.3 Å². The van der Waals surface area contributed by atoms with Gasteiger partial charge in [0, 0.05) is 29.4 Å². The van der Waals surface area contributed by atoms with E-state index in [4.69, 9.17) is 10.5 Å². The monoisotopic (exact) mass is 494 g/mol. The van der Waals surface area contributed by atoms with Crippen LogP contribution in [0.1, 0.15) is 64.3 Å². The van der Waals surface area contributed by atoms with Crippen molar-refractivity contribution in [2.45, 2.75) is 58.6 Å². The highest BCUT2D eigenvalue weighted by Crippen LogP contribution is 2.35. The number of anilines is 2. The number of nitrogen functional groups attached to an aromatic ring is 1. The van der Waals surface area contributed by atoms with Crippen LogP contribution in [-0.4, -0.2) is 35.7 Å². The van der Waals surface area contributed by atoms with Crippen LogP contribution in [0.4, 0.5) is 16.2 Å². The van der Waals surface area contributed by atoms with Gasteiger partial charge in [0.05, 0.1) is 24.5 Å². The molecule has 0 unspecified atom stereocenters. The third kappa shape index (κ3) is 7.07. The van der Waals surface area contributed by atoms with Crippen LogP contribution in [-0.2, 0) is 19.1 Å². The zero-order valence-electron chi connectivity index (χ0n) is 21.4. The van der Waals surface area contributed by atoms with Crippen molar-refractivity contribution in [2.24, 2.45) is 5.92 Å². The summed E-state index contributed by atoms with van der Waals surface area (Å²) in [4.78, 5) is 41.7. The zero-order chi connectivity index (χ0) is 26.5. The lowest BCUT2D eigenvalue weighted by molar-refractivity contribution is -0.134. The topological polar surface area (TPSA) is 133 Å². The molecule has 2 aromatic rings. The van der Waals surface area contributed by atoms with Gasteiger partial charge in [-0.3, -0.25) is 9.78 Å². The van der Waals surface area contributed by atoms with E-state index in [0.29, 0.717) is 47.5 Å². The molecule has 2 heterocycles. The number of benzene rings is 1. The number of nitrogens with zero attached hydrogens (tertiary/aromatic N) is 1. The number of amides is 2. The molecule has 9 nitrogen and oxygen atoms in total. The van der Waals surface area contributed by atoms with Crippen molar-refractivity contribution in [3.05, 3.63) is 47.8 Å². The fourth-order valence-corrected chi connectivity index (χ4v) is 3.91. The number of pyridine rings is 1. The van der Waals surface area contributed by atoms with Crippen molar-refractivity contribution < 1.29 is 23.9 Å². The number of aromatic nitrogens is 1. The minimum Gasteiger partial charge on any atom is -0.466 e. The number of hydrogen-bond acceptors (Lipinski definition) is 7. The zero-order valence-corrected chi connectivity index (χ0v) is 21.4. The van der Waals surface area contributed by atoms with E-state index in [1.54, 1.807) is 24.4 Å². The molecule has 4 N–H and O–H groups in total. The molecule has 2 atom stereocenters. The van der Waals surface area contributed by atoms with Crippen LogP contribution in [0.3, 0.4) is 0 Å². The predicted molar refractivity (Wildman–Crippen MR) is 139 cm³/mol. The maximum atomic E-state index is 13.0. The Kier molecular flexibility index (Phi) is 8.34. The third-order valence-electron chi connectivity index (χ3n) is 5.80. The van der Waals surface area contributed by atoms with Crippen molar-refractivity contribution in [1.29, 1.82) is 0 Å². The van der Waals surface area contributed by atoms with Gasteiger partial charge in [-0.15, -0.1) is 0 Å². The van der Waals surface area contributed by atoms with Crippen LogP contribution in [0.5, 0.6) is 0 Å². The molecule has 1 aromatic carbocycles. The lowest BCUT2D eigenvalue weighted by atomic mass is 9.94. The number of ether oxygens (including phenoxy) is 2. The Bertz CT molecular complexity index is 1170. The molecule has 0 spiro atoms. The van der Waals surface area contributed by atoms with Crippen LogP contribution in [0.15, 0.2) is 36.5 Å². The van der Waals surface area contributed by atoms with Crippen molar-refractivity contribution in [3.63, 3.8) is 0 Å². The number of carbonyl (C=O) groups is 3. The summed E-state index contributed by atoms with van der Waals surface area (Å²) in [5.74, 6) is -0.891. The summed E-state index contributed by atoms with van der Waals surface area (Å²) in [5, 5.41) is 5.94. The minimum absolute atomic E-state index is 0.125. The summed E-state index contributed by atoms with van der Waals surface area (Å²) in [6.07, 6.45) is 5.91. The predicted octanol–water partition coefficient (Wildman–Crippen LogP) is 4.84. The molecule has 1 aromatic heterocycles. The van der Waals surface area contributed by atoms with E-state index >= 15 is 0 Å². The molecule has 36 heavy (non-hydrogen) atoms. The Morgan fingerprint density at radius 2 is 1.97 bits per heavy atom. The molecular weight excluding hydrogens is 460 g/mol. The van der Waals surface area contributed by atoms with Crippen LogP contribution in [0.2, 0.25) is 0 Å². The molecule has 3 rings (SSSR count). The van der Waals surface area contributed by atoms with Gasteiger partial charge < -0.3 is 25.8 Å². The SMILES string of the molecule is COC(=O)/C=C/c1cc2c(cc1N)NC(=O)[C@H](C)CCC[C@H](NC(=O)OC(C)(C)C)c1cc-2ccn1. The molecule has 2 amide bonds. The van der Waals surface area contributed by atoms with Gasteiger partial charge in [-0.05, 0) is 75.1 Å². The molecular formula is C27H34N4O5. The van der Waals surface area contributed by atoms with Crippen molar-refractivity contribution in [3.8, 4) is 11.1 Å². The molecule has 0 fully saturated rings. The van der Waals surface area contributed by atoms with E-state index in [-0.39, 0.29) is 11.8 Å². The summed E-state index contributed by atoms with van der Waals surface area (Å²) in [6.45, 7) is 7.29. The van der Waals surface area contributed by atoms with Crippen LogP contribution in [0.25, 0.3) is 17.2 Å². The summed E-state index contributed by atoms with van der Waals surface area (Å²) < 4.78 is 10.1. The summed E-state index contributed by atoms with van der Waals surface area (Å²) in [7, 11) is 1.30. The maximum absolute atomic E-state index is 13.0. The van der Waals surface area contributed by atoms with Crippen LogP contribution < -0.4 is 16.4 Å². The lowest BCUT2D eigenvalue weighted by Crippen LogP contribution is -2.35. The van der Waals surface area contributed by atoms with E-state index in [1.807, 2.05) is 39.8 Å². The largest absolute Gasteiger partial charge is 0.466 e. The number of methoxy groups -OCH3 is 1. The van der Waals surface area contributed by atoms with Crippen molar-refractivity contribution in [2.75, 3.05) is 18.2 Å². The van der Waals surface area contributed by atoms with E-state index in [0.717, 1.165) is 5.56 Å². The highest BCUT2D eigenvalue weighted by molar-refractivity contribution is 5.99. The number of esters is 1. The molecule has 0 radical (unpaired) electrons. The molecule has 1 aliphatic rings. The second-order valence-corrected chi connectivity index (χ2v) is 9.87. The Labute approximate surface area is 211 Å². The summed E-state index contributed by atoms with van der Waals surface area (Å²) in [5.41, 5.74) is 9.30. The van der Waals surface area contributed by atoms with Gasteiger partial charge in [0.15, 0.2) is 0 Å². The maximum Gasteiger partial charge on any atom is 0.408 e. The Morgan fingerprint density at radius 1 is 1.22 bits per heavy atom. The first-order valence-corrected chi connectivity index (χ1v) is 11.9. The normalized spacial score (nSPS) is 18.3. The first-order chi connectivity index (χ1) is 17.0. The fraction of sp³-hybridized carbons (Fsp3) is 0.407. The summed E-state index contributed by atoms with van der Waals surface area (Å²) in [6, 6.07) is 6.78. The second-order valence-electron chi connectivity index (χ2n) is 9.87.